The molecule has 2 unspecified atom stereocenters. The number of carbonyl (C=O) groups excluding carboxylic acids is 1. The third kappa shape index (κ3) is 3.20. The maximum absolute atomic E-state index is 12.5. The van der Waals surface area contributed by atoms with E-state index in [1.807, 2.05) is 31.7 Å². The molecule has 3 aliphatic heterocycles. The third-order valence-corrected chi connectivity index (χ3v) is 4.91. The van der Waals surface area contributed by atoms with E-state index in [1.165, 1.54) is 5.57 Å². The zero-order valence-electron chi connectivity index (χ0n) is 15.1. The van der Waals surface area contributed by atoms with E-state index in [4.69, 9.17) is 14.2 Å². The molecule has 0 radical (unpaired) electrons. The summed E-state index contributed by atoms with van der Waals surface area (Å²) < 4.78 is 16.9. The van der Waals surface area contributed by atoms with Crippen LogP contribution in [0, 0.1) is 0 Å². The first-order chi connectivity index (χ1) is 11.9. The normalized spacial score (nSPS) is 24.8. The lowest BCUT2D eigenvalue weighted by molar-refractivity contribution is 0.0175. The molecule has 1 saturated heterocycles. The van der Waals surface area contributed by atoms with Crippen molar-refractivity contribution in [2.45, 2.75) is 57.7 Å². The van der Waals surface area contributed by atoms with Crippen LogP contribution in [0.3, 0.4) is 0 Å². The standard InChI is InChI=1S/C20H25NO4/c1-20(2,3)25-19(22)21-15-5-6-16(21)11-14(10-15)13-4-7-17-18(12-13)24-9-8-23-17/h4,7,10,12,15-16H,5-6,8-9,11H2,1-3H3. The van der Waals surface area contributed by atoms with Crippen molar-refractivity contribution < 1.29 is 19.0 Å². The van der Waals surface area contributed by atoms with E-state index in [9.17, 15) is 4.79 Å². The number of hydrogen-bond donors (Lipinski definition) is 0. The minimum Gasteiger partial charge on any atom is -0.486 e. The molecule has 25 heavy (non-hydrogen) atoms. The van der Waals surface area contributed by atoms with Gasteiger partial charge in [0, 0.05) is 6.04 Å². The van der Waals surface area contributed by atoms with Crippen molar-refractivity contribution in [1.82, 2.24) is 4.90 Å². The molecule has 3 heterocycles. The Balaban J connectivity index is 1.56. The quantitative estimate of drug-likeness (QED) is 0.773. The van der Waals surface area contributed by atoms with Crippen molar-refractivity contribution >= 4 is 11.7 Å². The van der Waals surface area contributed by atoms with Crippen molar-refractivity contribution in [3.8, 4) is 11.5 Å². The zero-order chi connectivity index (χ0) is 17.6. The van der Waals surface area contributed by atoms with Crippen LogP contribution < -0.4 is 9.47 Å². The first-order valence-corrected chi connectivity index (χ1v) is 9.03. The lowest BCUT2D eigenvalue weighted by Crippen LogP contribution is -2.45. The van der Waals surface area contributed by atoms with Gasteiger partial charge >= 0.3 is 6.09 Å². The first kappa shape index (κ1) is 16.3. The van der Waals surface area contributed by atoms with Crippen LogP contribution in [0.1, 0.15) is 45.6 Å². The van der Waals surface area contributed by atoms with Crippen LogP contribution in [0.4, 0.5) is 4.79 Å². The number of amides is 1. The molecular weight excluding hydrogens is 318 g/mol. The van der Waals surface area contributed by atoms with Crippen molar-refractivity contribution in [2.24, 2.45) is 0 Å². The van der Waals surface area contributed by atoms with E-state index in [-0.39, 0.29) is 18.2 Å². The van der Waals surface area contributed by atoms with Gasteiger partial charge in [-0.25, -0.2) is 4.79 Å². The minimum atomic E-state index is -0.462. The molecule has 0 aromatic heterocycles. The van der Waals surface area contributed by atoms with Crippen molar-refractivity contribution in [2.75, 3.05) is 13.2 Å². The van der Waals surface area contributed by atoms with Gasteiger partial charge in [0.05, 0.1) is 6.04 Å². The lowest BCUT2D eigenvalue weighted by atomic mass is 9.94. The smallest absolute Gasteiger partial charge is 0.411 e. The van der Waals surface area contributed by atoms with Crippen LogP contribution in [0.25, 0.3) is 5.57 Å². The summed E-state index contributed by atoms with van der Waals surface area (Å²) in [6, 6.07) is 6.46. The molecule has 3 aliphatic rings. The molecule has 1 amide bonds. The van der Waals surface area contributed by atoms with E-state index < -0.39 is 5.60 Å². The van der Waals surface area contributed by atoms with E-state index >= 15 is 0 Å². The second-order valence-corrected chi connectivity index (χ2v) is 7.94. The number of ether oxygens (including phenoxy) is 3. The zero-order valence-corrected chi connectivity index (χ0v) is 15.1. The summed E-state index contributed by atoms with van der Waals surface area (Å²) in [4.78, 5) is 14.5. The summed E-state index contributed by atoms with van der Waals surface area (Å²) in [6.07, 6.45) is 4.90. The molecule has 5 nitrogen and oxygen atoms in total. The van der Waals surface area contributed by atoms with Gasteiger partial charge in [-0.2, -0.15) is 0 Å². The molecule has 1 fully saturated rings. The molecule has 0 aliphatic carbocycles. The average molecular weight is 343 g/mol. The summed E-state index contributed by atoms with van der Waals surface area (Å²) in [7, 11) is 0. The van der Waals surface area contributed by atoms with E-state index in [0.717, 1.165) is 36.3 Å². The Labute approximate surface area is 148 Å². The van der Waals surface area contributed by atoms with Gasteiger partial charge in [0.15, 0.2) is 11.5 Å². The number of carbonyl (C=O) groups is 1. The van der Waals surface area contributed by atoms with Gasteiger partial charge in [-0.05, 0) is 63.3 Å². The Morgan fingerprint density at radius 3 is 2.64 bits per heavy atom. The van der Waals surface area contributed by atoms with Gasteiger partial charge in [0.1, 0.15) is 18.8 Å². The monoisotopic (exact) mass is 343 g/mol. The molecule has 2 atom stereocenters. The maximum Gasteiger partial charge on any atom is 0.411 e. The van der Waals surface area contributed by atoms with Crippen LogP contribution in [0.5, 0.6) is 11.5 Å². The molecular formula is C20H25NO4. The van der Waals surface area contributed by atoms with Crippen molar-refractivity contribution in [3.63, 3.8) is 0 Å². The number of benzene rings is 1. The topological polar surface area (TPSA) is 48.0 Å². The number of fused-ring (bicyclic) bond motifs is 3. The van der Waals surface area contributed by atoms with Crippen LogP contribution in [0.2, 0.25) is 0 Å². The van der Waals surface area contributed by atoms with Gasteiger partial charge in [-0.15, -0.1) is 0 Å². The van der Waals surface area contributed by atoms with Gasteiger partial charge in [-0.1, -0.05) is 12.1 Å². The second-order valence-electron chi connectivity index (χ2n) is 7.94. The Bertz CT molecular complexity index is 719. The first-order valence-electron chi connectivity index (χ1n) is 9.03. The summed E-state index contributed by atoms with van der Waals surface area (Å²) in [5, 5.41) is 0. The Morgan fingerprint density at radius 1 is 1.16 bits per heavy atom. The van der Waals surface area contributed by atoms with E-state index in [1.54, 1.807) is 0 Å². The minimum absolute atomic E-state index is 0.122. The summed E-state index contributed by atoms with van der Waals surface area (Å²) >= 11 is 0. The molecule has 0 saturated carbocycles. The summed E-state index contributed by atoms with van der Waals surface area (Å²) in [5.74, 6) is 1.62. The van der Waals surface area contributed by atoms with Gasteiger partial charge in [0.25, 0.3) is 0 Å². The van der Waals surface area contributed by atoms with Crippen LogP contribution in [0.15, 0.2) is 24.3 Å². The highest BCUT2D eigenvalue weighted by Gasteiger charge is 2.41. The Kier molecular flexibility index (Phi) is 3.89. The third-order valence-electron chi connectivity index (χ3n) is 4.91. The predicted molar refractivity (Wildman–Crippen MR) is 94.9 cm³/mol. The lowest BCUT2D eigenvalue weighted by Gasteiger charge is -2.35. The highest BCUT2D eigenvalue weighted by Crippen LogP contribution is 2.41. The Hall–Kier alpha value is -2.17. The highest BCUT2D eigenvalue weighted by molar-refractivity contribution is 5.76. The second kappa shape index (κ2) is 5.97. The average Bonchev–Trinajstić information content (AvgIpc) is 2.83. The molecule has 4 rings (SSSR count). The molecule has 1 aromatic carbocycles. The Morgan fingerprint density at radius 2 is 1.92 bits per heavy atom. The van der Waals surface area contributed by atoms with Crippen molar-refractivity contribution in [1.29, 1.82) is 0 Å². The summed E-state index contributed by atoms with van der Waals surface area (Å²) in [6.45, 7) is 6.92. The van der Waals surface area contributed by atoms with Gasteiger partial charge in [-0.3, -0.25) is 4.90 Å². The number of hydrogen-bond acceptors (Lipinski definition) is 4. The fourth-order valence-electron chi connectivity index (χ4n) is 3.89. The van der Waals surface area contributed by atoms with Crippen LogP contribution in [-0.4, -0.2) is 41.9 Å². The maximum atomic E-state index is 12.5. The number of nitrogens with zero attached hydrogens (tertiary/aromatic N) is 1. The fraction of sp³-hybridized carbons (Fsp3) is 0.550. The van der Waals surface area contributed by atoms with Gasteiger partial charge in [0.2, 0.25) is 0 Å². The molecule has 1 aromatic rings. The number of rotatable bonds is 1. The molecule has 2 bridgehead atoms. The van der Waals surface area contributed by atoms with Gasteiger partial charge < -0.3 is 14.2 Å². The molecule has 5 heteroatoms. The SMILES string of the molecule is CC(C)(C)OC(=O)N1C2C=C(c3ccc4c(c3)OCCO4)CC1CC2. The van der Waals surface area contributed by atoms with Crippen LogP contribution in [-0.2, 0) is 4.74 Å². The van der Waals surface area contributed by atoms with E-state index in [2.05, 4.69) is 18.2 Å². The summed E-state index contributed by atoms with van der Waals surface area (Å²) in [5.41, 5.74) is 1.98. The fourth-order valence-corrected chi connectivity index (χ4v) is 3.89. The highest BCUT2D eigenvalue weighted by atomic mass is 16.6. The molecule has 134 valence electrons. The van der Waals surface area contributed by atoms with Crippen LogP contribution >= 0.6 is 0 Å². The molecule has 0 spiro atoms. The van der Waals surface area contributed by atoms with Crippen molar-refractivity contribution in [3.05, 3.63) is 29.8 Å². The predicted octanol–water partition coefficient (Wildman–Crippen LogP) is 4.01. The molecule has 0 N–H and O–H groups in total. The van der Waals surface area contributed by atoms with E-state index in [0.29, 0.717) is 13.2 Å². The largest absolute Gasteiger partial charge is 0.486 e.